The van der Waals surface area contributed by atoms with E-state index in [1.54, 1.807) is 32.9 Å². The zero-order chi connectivity index (χ0) is 15.5. The van der Waals surface area contributed by atoms with Crippen LogP contribution in [0.2, 0.25) is 0 Å². The van der Waals surface area contributed by atoms with Crippen molar-refractivity contribution < 1.29 is 19.4 Å². The van der Waals surface area contributed by atoms with Crippen molar-refractivity contribution in [3.05, 3.63) is 23.3 Å². The summed E-state index contributed by atoms with van der Waals surface area (Å²) >= 11 is 0. The fraction of sp³-hybridized carbons (Fsp3) is 0.467. The van der Waals surface area contributed by atoms with Crippen LogP contribution < -0.4 is 5.32 Å². The summed E-state index contributed by atoms with van der Waals surface area (Å²) in [7, 11) is 0. The van der Waals surface area contributed by atoms with E-state index in [1.807, 2.05) is 13.8 Å². The molecule has 20 heavy (non-hydrogen) atoms. The van der Waals surface area contributed by atoms with Gasteiger partial charge in [0.25, 0.3) is 0 Å². The number of anilines is 1. The van der Waals surface area contributed by atoms with E-state index in [0.717, 1.165) is 5.56 Å². The normalized spacial score (nSPS) is 11.3. The van der Waals surface area contributed by atoms with Crippen LogP contribution in [0.3, 0.4) is 0 Å². The molecule has 0 bridgehead atoms. The molecule has 1 rings (SSSR count). The number of carbonyl (C=O) groups is 2. The molecule has 0 aliphatic rings. The fourth-order valence-electron chi connectivity index (χ4n) is 1.61. The molecule has 0 heterocycles. The highest BCUT2D eigenvalue weighted by molar-refractivity contribution is 5.91. The number of ether oxygens (including phenoxy) is 1. The zero-order valence-electron chi connectivity index (χ0n) is 12.5. The summed E-state index contributed by atoms with van der Waals surface area (Å²) in [5, 5.41) is 12.4. The number of amides is 1. The molecule has 0 aromatic heterocycles. The van der Waals surface area contributed by atoms with Crippen LogP contribution in [0.1, 0.15) is 56.5 Å². The second-order valence-corrected chi connectivity index (χ2v) is 5.91. The second-order valence-electron chi connectivity index (χ2n) is 5.91. The molecule has 0 saturated carbocycles. The first-order chi connectivity index (χ1) is 9.14. The molecule has 0 spiro atoms. The summed E-state index contributed by atoms with van der Waals surface area (Å²) in [5.74, 6) is -0.0938. The average Bonchev–Trinajstić information content (AvgIpc) is 2.28. The smallest absolute Gasteiger partial charge is 0.412 e. The molecule has 0 atom stereocenters. The highest BCUT2D eigenvalue weighted by Crippen LogP contribution is 2.31. The fourth-order valence-corrected chi connectivity index (χ4v) is 1.61. The second kappa shape index (κ2) is 5.94. The molecule has 0 aliphatic heterocycles. The lowest BCUT2D eigenvalue weighted by Crippen LogP contribution is -2.27. The lowest BCUT2D eigenvalue weighted by molar-refractivity contribution is 0.0635. The van der Waals surface area contributed by atoms with Crippen molar-refractivity contribution in [3.63, 3.8) is 0 Å². The Labute approximate surface area is 118 Å². The van der Waals surface area contributed by atoms with Gasteiger partial charge in [-0.1, -0.05) is 13.8 Å². The maximum Gasteiger partial charge on any atom is 0.412 e. The van der Waals surface area contributed by atoms with E-state index < -0.39 is 11.7 Å². The molecule has 5 nitrogen and oxygen atoms in total. The first kappa shape index (κ1) is 16.0. The number of benzene rings is 1. The third kappa shape index (κ3) is 4.26. The van der Waals surface area contributed by atoms with Gasteiger partial charge in [-0.05, 0) is 44.4 Å². The van der Waals surface area contributed by atoms with Gasteiger partial charge in [-0.3, -0.25) is 10.1 Å². The highest BCUT2D eigenvalue weighted by atomic mass is 16.6. The summed E-state index contributed by atoms with van der Waals surface area (Å²) in [4.78, 5) is 22.7. The van der Waals surface area contributed by atoms with Gasteiger partial charge in [-0.15, -0.1) is 0 Å². The van der Waals surface area contributed by atoms with Crippen LogP contribution in [-0.2, 0) is 4.74 Å². The number of hydrogen-bond donors (Lipinski definition) is 2. The molecule has 0 unspecified atom stereocenters. The quantitative estimate of drug-likeness (QED) is 0.653. The largest absolute Gasteiger partial charge is 0.505 e. The van der Waals surface area contributed by atoms with Crippen LogP contribution in [0.15, 0.2) is 12.1 Å². The molecule has 1 aromatic carbocycles. The van der Waals surface area contributed by atoms with Crippen molar-refractivity contribution >= 4 is 18.1 Å². The Morgan fingerprint density at radius 2 is 1.95 bits per heavy atom. The number of hydrogen-bond acceptors (Lipinski definition) is 4. The van der Waals surface area contributed by atoms with Gasteiger partial charge in [0.1, 0.15) is 11.4 Å². The van der Waals surface area contributed by atoms with Gasteiger partial charge >= 0.3 is 6.09 Å². The van der Waals surface area contributed by atoms with Crippen molar-refractivity contribution in [1.29, 1.82) is 0 Å². The Bertz CT molecular complexity index is 515. The molecule has 0 radical (unpaired) electrons. The van der Waals surface area contributed by atoms with Crippen LogP contribution in [0.5, 0.6) is 5.75 Å². The van der Waals surface area contributed by atoms with Crippen molar-refractivity contribution in [3.8, 4) is 5.75 Å². The van der Waals surface area contributed by atoms with E-state index in [-0.39, 0.29) is 22.9 Å². The van der Waals surface area contributed by atoms with Crippen LogP contribution in [-0.4, -0.2) is 23.1 Å². The van der Waals surface area contributed by atoms with E-state index in [4.69, 9.17) is 4.74 Å². The lowest BCUT2D eigenvalue weighted by atomic mass is 9.99. The van der Waals surface area contributed by atoms with Gasteiger partial charge in [-0.2, -0.15) is 0 Å². The van der Waals surface area contributed by atoms with E-state index in [2.05, 4.69) is 5.32 Å². The van der Waals surface area contributed by atoms with Crippen LogP contribution in [0.4, 0.5) is 10.5 Å². The molecule has 0 fully saturated rings. The number of rotatable bonds is 3. The summed E-state index contributed by atoms with van der Waals surface area (Å²) < 4.78 is 5.12. The monoisotopic (exact) mass is 279 g/mol. The molecular formula is C15H21NO4. The van der Waals surface area contributed by atoms with Crippen LogP contribution in [0, 0.1) is 0 Å². The summed E-state index contributed by atoms with van der Waals surface area (Å²) in [5.41, 5.74) is 0.522. The molecule has 0 aliphatic carbocycles. The Morgan fingerprint density at radius 3 is 2.40 bits per heavy atom. The van der Waals surface area contributed by atoms with Gasteiger partial charge in [0.05, 0.1) is 11.3 Å². The number of aldehydes is 1. The van der Waals surface area contributed by atoms with Gasteiger partial charge in [0.15, 0.2) is 6.29 Å². The SMILES string of the molecule is CC(C)c1cc(C=O)c(O)c(NC(=O)OC(C)(C)C)c1. The van der Waals surface area contributed by atoms with Crippen molar-refractivity contribution in [2.24, 2.45) is 0 Å². The minimum Gasteiger partial charge on any atom is -0.505 e. The van der Waals surface area contributed by atoms with E-state index in [9.17, 15) is 14.7 Å². The Morgan fingerprint density at radius 1 is 1.35 bits per heavy atom. The summed E-state index contributed by atoms with van der Waals surface area (Å²) in [6.45, 7) is 9.14. The third-order valence-electron chi connectivity index (χ3n) is 2.59. The first-order valence-electron chi connectivity index (χ1n) is 6.46. The van der Waals surface area contributed by atoms with Gasteiger partial charge in [0.2, 0.25) is 0 Å². The van der Waals surface area contributed by atoms with E-state index in [0.29, 0.717) is 6.29 Å². The van der Waals surface area contributed by atoms with Crippen LogP contribution in [0.25, 0.3) is 0 Å². The topological polar surface area (TPSA) is 75.6 Å². The van der Waals surface area contributed by atoms with Crippen molar-refractivity contribution in [2.45, 2.75) is 46.1 Å². The Hall–Kier alpha value is -2.04. The Kier molecular flexibility index (Phi) is 4.76. The highest BCUT2D eigenvalue weighted by Gasteiger charge is 2.19. The first-order valence-corrected chi connectivity index (χ1v) is 6.46. The summed E-state index contributed by atoms with van der Waals surface area (Å²) in [6, 6.07) is 3.24. The van der Waals surface area contributed by atoms with Gasteiger partial charge < -0.3 is 9.84 Å². The Balaban J connectivity index is 3.08. The number of carbonyl (C=O) groups excluding carboxylic acids is 2. The number of phenolic OH excluding ortho intramolecular Hbond substituents is 1. The molecule has 2 N–H and O–H groups in total. The van der Waals surface area contributed by atoms with Gasteiger partial charge in [0, 0.05) is 0 Å². The van der Waals surface area contributed by atoms with E-state index >= 15 is 0 Å². The van der Waals surface area contributed by atoms with Crippen molar-refractivity contribution in [2.75, 3.05) is 5.32 Å². The molecule has 110 valence electrons. The van der Waals surface area contributed by atoms with Crippen LogP contribution >= 0.6 is 0 Å². The third-order valence-corrected chi connectivity index (χ3v) is 2.59. The number of aromatic hydroxyl groups is 1. The van der Waals surface area contributed by atoms with Gasteiger partial charge in [-0.25, -0.2) is 4.79 Å². The molecule has 1 aromatic rings. The zero-order valence-corrected chi connectivity index (χ0v) is 12.5. The molecule has 5 heteroatoms. The molecule has 0 saturated heterocycles. The number of nitrogens with one attached hydrogen (secondary N) is 1. The average molecular weight is 279 g/mol. The minimum absolute atomic E-state index is 0.141. The van der Waals surface area contributed by atoms with Crippen molar-refractivity contribution in [1.82, 2.24) is 0 Å². The molecule has 1 amide bonds. The maximum absolute atomic E-state index is 11.7. The van der Waals surface area contributed by atoms with E-state index in [1.165, 1.54) is 0 Å². The maximum atomic E-state index is 11.7. The predicted molar refractivity (Wildman–Crippen MR) is 77.4 cm³/mol. The number of phenols is 1. The standard InChI is InChI=1S/C15H21NO4/c1-9(2)10-6-11(8-17)13(18)12(7-10)16-14(19)20-15(3,4)5/h6-9,18H,1-5H3,(H,16,19). The summed E-state index contributed by atoms with van der Waals surface area (Å²) in [6.07, 6.45) is -0.118. The lowest BCUT2D eigenvalue weighted by Gasteiger charge is -2.20. The molecular weight excluding hydrogens is 258 g/mol. The predicted octanol–water partition coefficient (Wildman–Crippen LogP) is 3.68. The minimum atomic E-state index is -0.675.